The van der Waals surface area contributed by atoms with Gasteiger partial charge in [-0.2, -0.15) is 5.10 Å². The molecule has 2 aromatic carbocycles. The van der Waals surface area contributed by atoms with Crippen molar-refractivity contribution in [2.75, 3.05) is 40.3 Å². The molecule has 1 aliphatic heterocycles. The average molecular weight is 421 g/mol. The molecule has 1 aliphatic rings. The van der Waals surface area contributed by atoms with Crippen LogP contribution in [0.3, 0.4) is 0 Å². The van der Waals surface area contributed by atoms with Crippen LogP contribution >= 0.6 is 0 Å². The van der Waals surface area contributed by atoms with E-state index in [0.29, 0.717) is 31.8 Å². The van der Waals surface area contributed by atoms with Crippen LogP contribution in [0.1, 0.15) is 22.0 Å². The van der Waals surface area contributed by atoms with Crippen LogP contribution in [0, 0.1) is 0 Å². The first kappa shape index (κ1) is 21.1. The van der Waals surface area contributed by atoms with Gasteiger partial charge in [-0.3, -0.25) is 9.48 Å². The minimum absolute atomic E-state index is 0.0524. The number of phenolic OH excluding ortho intramolecular Hbond substituents is 1. The normalized spacial score (nSPS) is 16.6. The molecule has 7 heteroatoms. The van der Waals surface area contributed by atoms with E-state index in [9.17, 15) is 9.90 Å². The Morgan fingerprint density at radius 3 is 2.74 bits per heavy atom. The molecule has 4 rings (SSSR count). The highest BCUT2D eigenvalue weighted by atomic mass is 16.5. The van der Waals surface area contributed by atoms with Crippen molar-refractivity contribution in [1.82, 2.24) is 19.6 Å². The van der Waals surface area contributed by atoms with Gasteiger partial charge in [-0.15, -0.1) is 0 Å². The maximum atomic E-state index is 13.5. The van der Waals surface area contributed by atoms with Crippen LogP contribution in [0.15, 0.2) is 60.8 Å². The molecule has 0 bridgehead atoms. The van der Waals surface area contributed by atoms with Gasteiger partial charge in [0.2, 0.25) is 0 Å². The van der Waals surface area contributed by atoms with Crippen molar-refractivity contribution in [3.63, 3.8) is 0 Å². The number of ether oxygens (including phenoxy) is 1. The third kappa shape index (κ3) is 4.78. The van der Waals surface area contributed by atoms with E-state index in [1.807, 2.05) is 60.1 Å². The predicted octanol–water partition coefficient (Wildman–Crippen LogP) is 3.03. The van der Waals surface area contributed by atoms with Crippen LogP contribution in [0.5, 0.6) is 5.75 Å². The Morgan fingerprint density at radius 1 is 1.19 bits per heavy atom. The van der Waals surface area contributed by atoms with Crippen LogP contribution in [0.4, 0.5) is 0 Å². The van der Waals surface area contributed by atoms with Crippen LogP contribution in [0.2, 0.25) is 0 Å². The van der Waals surface area contributed by atoms with E-state index >= 15 is 0 Å². The molecule has 1 amide bonds. The zero-order valence-electron chi connectivity index (χ0n) is 17.9. The number of amides is 1. The molecular formula is C24H28N4O3. The number of phenols is 1. The van der Waals surface area contributed by atoms with Crippen molar-refractivity contribution < 1.29 is 14.6 Å². The Hall–Kier alpha value is -3.16. The summed E-state index contributed by atoms with van der Waals surface area (Å²) < 4.78 is 7.80. The van der Waals surface area contributed by atoms with Crippen molar-refractivity contribution in [2.24, 2.45) is 0 Å². The molecular weight excluding hydrogens is 392 g/mol. The summed E-state index contributed by atoms with van der Waals surface area (Å²) in [6.07, 6.45) is 1.41. The van der Waals surface area contributed by atoms with E-state index in [-0.39, 0.29) is 17.8 Å². The molecule has 0 saturated carbocycles. The second-order valence-corrected chi connectivity index (χ2v) is 8.00. The number of aromatic hydroxyl groups is 1. The molecule has 7 nitrogen and oxygen atoms in total. The number of aromatic nitrogens is 2. The SMILES string of the molecule is CN(C)CCn1ncc(C(=O)N2CCO[C@H](c3cccc(O)c3)C2)c1-c1ccccc1. The summed E-state index contributed by atoms with van der Waals surface area (Å²) in [7, 11) is 4.04. The molecule has 1 aromatic heterocycles. The summed E-state index contributed by atoms with van der Waals surface area (Å²) in [4.78, 5) is 17.5. The maximum absolute atomic E-state index is 13.5. The molecule has 0 spiro atoms. The highest BCUT2D eigenvalue weighted by molar-refractivity contribution is 6.00. The topological polar surface area (TPSA) is 70.8 Å². The van der Waals surface area contributed by atoms with Crippen molar-refractivity contribution in [1.29, 1.82) is 0 Å². The van der Waals surface area contributed by atoms with Crippen LogP contribution in [-0.4, -0.2) is 70.9 Å². The number of nitrogens with zero attached hydrogens (tertiary/aromatic N) is 4. The van der Waals surface area contributed by atoms with Crippen molar-refractivity contribution in [2.45, 2.75) is 12.6 Å². The van der Waals surface area contributed by atoms with Crippen molar-refractivity contribution in [3.05, 3.63) is 71.9 Å². The minimum atomic E-state index is -0.270. The Kier molecular flexibility index (Phi) is 6.34. The van der Waals surface area contributed by atoms with Gasteiger partial charge in [-0.25, -0.2) is 0 Å². The maximum Gasteiger partial charge on any atom is 0.257 e. The fourth-order valence-corrected chi connectivity index (χ4v) is 3.84. The van der Waals surface area contributed by atoms with E-state index < -0.39 is 0 Å². The van der Waals surface area contributed by atoms with Crippen LogP contribution in [-0.2, 0) is 11.3 Å². The van der Waals surface area contributed by atoms with Gasteiger partial charge in [0.15, 0.2) is 0 Å². The Labute approximate surface area is 182 Å². The van der Waals surface area contributed by atoms with E-state index in [2.05, 4.69) is 10.00 Å². The average Bonchev–Trinajstić information content (AvgIpc) is 3.22. The highest BCUT2D eigenvalue weighted by Gasteiger charge is 2.29. The van der Waals surface area contributed by atoms with Gasteiger partial charge in [-0.1, -0.05) is 42.5 Å². The van der Waals surface area contributed by atoms with Gasteiger partial charge >= 0.3 is 0 Å². The lowest BCUT2D eigenvalue weighted by Gasteiger charge is -2.33. The summed E-state index contributed by atoms with van der Waals surface area (Å²) in [5, 5.41) is 14.3. The van der Waals surface area contributed by atoms with E-state index in [4.69, 9.17) is 4.74 Å². The molecule has 1 N–H and O–H groups in total. The van der Waals surface area contributed by atoms with Crippen LogP contribution in [0.25, 0.3) is 11.3 Å². The molecule has 0 aliphatic carbocycles. The first-order chi connectivity index (χ1) is 15.0. The summed E-state index contributed by atoms with van der Waals surface area (Å²) in [6.45, 7) is 2.91. The highest BCUT2D eigenvalue weighted by Crippen LogP contribution is 2.29. The van der Waals surface area contributed by atoms with E-state index in [0.717, 1.165) is 23.4 Å². The zero-order valence-corrected chi connectivity index (χ0v) is 17.9. The smallest absolute Gasteiger partial charge is 0.257 e. The monoisotopic (exact) mass is 420 g/mol. The van der Waals surface area contributed by atoms with Crippen molar-refractivity contribution in [3.8, 4) is 17.0 Å². The van der Waals surface area contributed by atoms with E-state index in [1.54, 1.807) is 24.4 Å². The van der Waals surface area contributed by atoms with Gasteiger partial charge in [0.25, 0.3) is 5.91 Å². The van der Waals surface area contributed by atoms with Gasteiger partial charge in [0.05, 0.1) is 37.2 Å². The lowest BCUT2D eigenvalue weighted by atomic mass is 10.0. The predicted molar refractivity (Wildman–Crippen MR) is 119 cm³/mol. The number of hydrogen-bond acceptors (Lipinski definition) is 5. The second-order valence-electron chi connectivity index (χ2n) is 8.00. The number of carbonyl (C=O) groups excluding carboxylic acids is 1. The summed E-state index contributed by atoms with van der Waals surface area (Å²) in [6, 6.07) is 16.9. The standard InChI is InChI=1S/C24H28N4O3/c1-26(2)11-12-28-23(18-7-4-3-5-8-18)21(16-25-28)24(30)27-13-14-31-22(17-27)19-9-6-10-20(29)15-19/h3-10,15-16,22,29H,11-14,17H2,1-2H3/t22-/m0/s1. The van der Waals surface area contributed by atoms with Gasteiger partial charge in [0, 0.05) is 18.7 Å². The summed E-state index contributed by atoms with van der Waals surface area (Å²) >= 11 is 0. The summed E-state index contributed by atoms with van der Waals surface area (Å²) in [5.41, 5.74) is 3.27. The third-order valence-electron chi connectivity index (χ3n) is 5.47. The first-order valence-corrected chi connectivity index (χ1v) is 10.5. The molecule has 1 atom stereocenters. The molecule has 3 aromatic rings. The first-order valence-electron chi connectivity index (χ1n) is 10.5. The largest absolute Gasteiger partial charge is 0.508 e. The molecule has 2 heterocycles. The van der Waals surface area contributed by atoms with Crippen LogP contribution < -0.4 is 0 Å². The van der Waals surface area contributed by atoms with Gasteiger partial charge < -0.3 is 19.6 Å². The summed E-state index contributed by atoms with van der Waals surface area (Å²) in [5.74, 6) is 0.140. The van der Waals surface area contributed by atoms with E-state index in [1.165, 1.54) is 0 Å². The second kappa shape index (κ2) is 9.32. The Morgan fingerprint density at radius 2 is 2.00 bits per heavy atom. The molecule has 0 radical (unpaired) electrons. The fraction of sp³-hybridized carbons (Fsp3) is 0.333. The lowest BCUT2D eigenvalue weighted by Crippen LogP contribution is -2.42. The van der Waals surface area contributed by atoms with Gasteiger partial charge in [-0.05, 0) is 31.8 Å². The van der Waals surface area contributed by atoms with Gasteiger partial charge in [0.1, 0.15) is 11.9 Å². The number of carbonyl (C=O) groups is 1. The third-order valence-corrected chi connectivity index (χ3v) is 5.47. The Bertz CT molecular complexity index is 1030. The molecule has 1 saturated heterocycles. The number of morpholine rings is 1. The molecule has 31 heavy (non-hydrogen) atoms. The lowest BCUT2D eigenvalue weighted by molar-refractivity contribution is -0.0228. The molecule has 162 valence electrons. The molecule has 0 unspecified atom stereocenters. The number of likely N-dealkylation sites (N-methyl/N-ethyl adjacent to an activating group) is 1. The minimum Gasteiger partial charge on any atom is -0.508 e. The fourth-order valence-electron chi connectivity index (χ4n) is 3.84. The number of rotatable bonds is 6. The molecule has 1 fully saturated rings. The van der Waals surface area contributed by atoms with Crippen molar-refractivity contribution >= 4 is 5.91 Å². The quantitative estimate of drug-likeness (QED) is 0.664. The number of benzene rings is 2. The Balaban J connectivity index is 1.61. The number of hydrogen-bond donors (Lipinski definition) is 1. The zero-order chi connectivity index (χ0) is 21.8.